The second kappa shape index (κ2) is 9.52. The first-order valence-electron chi connectivity index (χ1n) is 10.2. The molecule has 1 aliphatic rings. The average molecular weight is 412 g/mol. The molecule has 0 aliphatic carbocycles. The van der Waals surface area contributed by atoms with Gasteiger partial charge in [-0.1, -0.05) is 0 Å². The first kappa shape index (κ1) is 21.5. The van der Waals surface area contributed by atoms with Crippen LogP contribution in [0, 0.1) is 0 Å². The summed E-state index contributed by atoms with van der Waals surface area (Å²) in [5.41, 5.74) is 1.68. The zero-order valence-electron chi connectivity index (χ0n) is 17.7. The number of amides is 2. The summed E-state index contributed by atoms with van der Waals surface area (Å²) in [4.78, 5) is 28.9. The molecule has 2 amide bonds. The highest BCUT2D eigenvalue weighted by molar-refractivity contribution is 5.94. The summed E-state index contributed by atoms with van der Waals surface area (Å²) in [7, 11) is 3.92. The van der Waals surface area contributed by atoms with E-state index < -0.39 is 6.10 Å². The number of ether oxygens (including phenoxy) is 1. The Kier molecular flexibility index (Phi) is 6.82. The van der Waals surface area contributed by atoms with Gasteiger partial charge in [-0.05, 0) is 68.3 Å². The molecule has 7 heteroatoms. The van der Waals surface area contributed by atoms with Crippen LogP contribution < -0.4 is 15.0 Å². The van der Waals surface area contributed by atoms with Gasteiger partial charge in [0, 0.05) is 44.5 Å². The van der Waals surface area contributed by atoms with Crippen molar-refractivity contribution in [3.63, 3.8) is 0 Å². The molecule has 160 valence electrons. The van der Waals surface area contributed by atoms with E-state index in [-0.39, 0.29) is 23.6 Å². The quantitative estimate of drug-likeness (QED) is 0.764. The third kappa shape index (κ3) is 5.43. The third-order valence-corrected chi connectivity index (χ3v) is 5.29. The van der Waals surface area contributed by atoms with Crippen molar-refractivity contribution in [3.05, 3.63) is 54.1 Å². The molecule has 2 aromatic carbocycles. The first-order valence-corrected chi connectivity index (χ1v) is 10.2. The minimum atomic E-state index is -0.615. The number of hydrogen-bond acceptors (Lipinski definition) is 5. The summed E-state index contributed by atoms with van der Waals surface area (Å²) in [6.07, 6.45) is 0.800. The largest absolute Gasteiger partial charge is 0.508 e. The fraction of sp³-hybridized carbons (Fsp3) is 0.391. The first-order chi connectivity index (χ1) is 14.3. The van der Waals surface area contributed by atoms with Crippen LogP contribution in [0.2, 0.25) is 0 Å². The number of rotatable bonds is 6. The lowest BCUT2D eigenvalue weighted by molar-refractivity contribution is -0.139. The lowest BCUT2D eigenvalue weighted by atomic mass is 10.0. The molecule has 1 heterocycles. The van der Waals surface area contributed by atoms with E-state index in [9.17, 15) is 14.7 Å². The fourth-order valence-corrected chi connectivity index (χ4v) is 3.46. The van der Waals surface area contributed by atoms with Crippen LogP contribution in [0.15, 0.2) is 48.5 Å². The van der Waals surface area contributed by atoms with Gasteiger partial charge in [-0.15, -0.1) is 0 Å². The van der Waals surface area contributed by atoms with Gasteiger partial charge in [-0.2, -0.15) is 0 Å². The zero-order chi connectivity index (χ0) is 21.7. The number of benzene rings is 2. The number of carbonyl (C=O) groups excluding carboxylic acids is 2. The van der Waals surface area contributed by atoms with Crippen molar-refractivity contribution < 1.29 is 19.4 Å². The van der Waals surface area contributed by atoms with Crippen LogP contribution in [0.3, 0.4) is 0 Å². The van der Waals surface area contributed by atoms with Gasteiger partial charge in [0.2, 0.25) is 0 Å². The van der Waals surface area contributed by atoms with E-state index in [1.807, 2.05) is 43.3 Å². The van der Waals surface area contributed by atoms with Crippen LogP contribution in [0.25, 0.3) is 0 Å². The van der Waals surface area contributed by atoms with E-state index >= 15 is 0 Å². The molecule has 0 saturated carbocycles. The number of hydrogen-bond donors (Lipinski definition) is 2. The van der Waals surface area contributed by atoms with E-state index in [1.165, 1.54) is 12.1 Å². The number of nitrogens with one attached hydrogen (secondary N) is 1. The average Bonchev–Trinajstić information content (AvgIpc) is 2.75. The number of phenols is 1. The Bertz CT molecular complexity index is 857. The van der Waals surface area contributed by atoms with Gasteiger partial charge in [0.1, 0.15) is 11.5 Å². The number of carbonyl (C=O) groups is 2. The van der Waals surface area contributed by atoms with Crippen molar-refractivity contribution in [2.45, 2.75) is 31.9 Å². The SMILES string of the molecule is CC(Oc1ccc(O)cc1)C(=O)N1CCC(NC(=O)c2ccc(N(C)C)cc2)CC1. The van der Waals surface area contributed by atoms with Crippen LogP contribution in [0.1, 0.15) is 30.1 Å². The molecule has 7 nitrogen and oxygen atoms in total. The van der Waals surface area contributed by atoms with Crippen LogP contribution in [0.4, 0.5) is 5.69 Å². The van der Waals surface area contributed by atoms with Crippen molar-refractivity contribution in [3.8, 4) is 11.5 Å². The van der Waals surface area contributed by atoms with Crippen LogP contribution in [-0.2, 0) is 4.79 Å². The minimum Gasteiger partial charge on any atom is -0.508 e. The predicted molar refractivity (Wildman–Crippen MR) is 116 cm³/mol. The summed E-state index contributed by atoms with van der Waals surface area (Å²) < 4.78 is 5.68. The number of aromatic hydroxyl groups is 1. The fourth-order valence-electron chi connectivity index (χ4n) is 3.46. The molecule has 1 atom stereocenters. The number of piperidine rings is 1. The van der Waals surface area contributed by atoms with E-state index in [0.29, 0.717) is 37.2 Å². The molecule has 1 saturated heterocycles. The molecule has 3 rings (SSSR count). The van der Waals surface area contributed by atoms with Crippen molar-refractivity contribution in [1.82, 2.24) is 10.2 Å². The monoisotopic (exact) mass is 411 g/mol. The summed E-state index contributed by atoms with van der Waals surface area (Å²) in [5, 5.41) is 12.4. The summed E-state index contributed by atoms with van der Waals surface area (Å²) in [5.74, 6) is 0.524. The maximum atomic E-state index is 12.7. The Hall–Kier alpha value is -3.22. The van der Waals surface area contributed by atoms with Crippen LogP contribution in [-0.4, -0.2) is 61.2 Å². The maximum Gasteiger partial charge on any atom is 0.263 e. The van der Waals surface area contributed by atoms with Gasteiger partial charge in [0.05, 0.1) is 0 Å². The van der Waals surface area contributed by atoms with Crippen LogP contribution >= 0.6 is 0 Å². The number of nitrogens with zero attached hydrogens (tertiary/aromatic N) is 2. The van der Waals surface area contributed by atoms with Crippen molar-refractivity contribution >= 4 is 17.5 Å². The Morgan fingerprint density at radius 2 is 1.67 bits per heavy atom. The van der Waals surface area contributed by atoms with Gasteiger partial charge in [-0.25, -0.2) is 0 Å². The zero-order valence-corrected chi connectivity index (χ0v) is 17.7. The highest BCUT2D eigenvalue weighted by Crippen LogP contribution is 2.19. The van der Waals surface area contributed by atoms with Crippen molar-refractivity contribution in [2.24, 2.45) is 0 Å². The number of anilines is 1. The normalized spacial score (nSPS) is 15.4. The Morgan fingerprint density at radius 3 is 2.23 bits per heavy atom. The molecule has 2 aromatic rings. The van der Waals surface area contributed by atoms with E-state index in [0.717, 1.165) is 5.69 Å². The standard InChI is InChI=1S/C23H29N3O4/c1-16(30-21-10-8-20(27)9-11-21)23(29)26-14-12-18(13-15-26)24-22(28)17-4-6-19(7-5-17)25(2)3/h4-11,16,18,27H,12-15H2,1-3H3,(H,24,28). The van der Waals surface area contributed by atoms with Gasteiger partial charge < -0.3 is 25.0 Å². The molecule has 0 bridgehead atoms. The van der Waals surface area contributed by atoms with Gasteiger partial charge in [0.25, 0.3) is 11.8 Å². The lowest BCUT2D eigenvalue weighted by Gasteiger charge is -2.33. The molecule has 1 fully saturated rings. The maximum absolute atomic E-state index is 12.7. The van der Waals surface area contributed by atoms with Crippen molar-refractivity contribution in [2.75, 3.05) is 32.1 Å². The lowest BCUT2D eigenvalue weighted by Crippen LogP contribution is -2.49. The number of phenolic OH excluding ortho intramolecular Hbond substituents is 1. The Morgan fingerprint density at radius 1 is 1.07 bits per heavy atom. The molecule has 2 N–H and O–H groups in total. The van der Waals surface area contributed by atoms with E-state index in [2.05, 4.69) is 5.32 Å². The Labute approximate surface area is 177 Å². The molecule has 0 radical (unpaired) electrons. The topological polar surface area (TPSA) is 82.1 Å². The third-order valence-electron chi connectivity index (χ3n) is 5.29. The summed E-state index contributed by atoms with van der Waals surface area (Å²) >= 11 is 0. The predicted octanol–water partition coefficient (Wildman–Crippen LogP) is 2.65. The molecule has 1 aliphatic heterocycles. The van der Waals surface area contributed by atoms with E-state index in [1.54, 1.807) is 24.0 Å². The second-order valence-electron chi connectivity index (χ2n) is 7.77. The van der Waals surface area contributed by atoms with Gasteiger partial charge in [0.15, 0.2) is 6.10 Å². The summed E-state index contributed by atoms with van der Waals surface area (Å²) in [6, 6.07) is 13.8. The molecular weight excluding hydrogens is 382 g/mol. The highest BCUT2D eigenvalue weighted by atomic mass is 16.5. The molecule has 1 unspecified atom stereocenters. The Balaban J connectivity index is 1.47. The smallest absolute Gasteiger partial charge is 0.263 e. The molecule has 30 heavy (non-hydrogen) atoms. The van der Waals surface area contributed by atoms with E-state index in [4.69, 9.17) is 4.74 Å². The molecular formula is C23H29N3O4. The second-order valence-corrected chi connectivity index (χ2v) is 7.77. The number of likely N-dealkylation sites (tertiary alicyclic amines) is 1. The highest BCUT2D eigenvalue weighted by Gasteiger charge is 2.27. The molecule has 0 aromatic heterocycles. The van der Waals surface area contributed by atoms with Crippen molar-refractivity contribution in [1.29, 1.82) is 0 Å². The van der Waals surface area contributed by atoms with Gasteiger partial charge >= 0.3 is 0 Å². The molecule has 0 spiro atoms. The minimum absolute atomic E-state index is 0.0448. The van der Waals surface area contributed by atoms with Crippen LogP contribution in [0.5, 0.6) is 11.5 Å². The summed E-state index contributed by atoms with van der Waals surface area (Å²) in [6.45, 7) is 2.87. The van der Waals surface area contributed by atoms with Gasteiger partial charge in [-0.3, -0.25) is 9.59 Å².